The van der Waals surface area contributed by atoms with E-state index in [-0.39, 0.29) is 12.5 Å². The summed E-state index contributed by atoms with van der Waals surface area (Å²) in [5, 5.41) is 18.8. The Morgan fingerprint density at radius 1 is 1.11 bits per heavy atom. The van der Waals surface area contributed by atoms with Crippen LogP contribution in [0.1, 0.15) is 41.4 Å². The summed E-state index contributed by atoms with van der Waals surface area (Å²) in [6.45, 7) is 9.51. The second-order valence-electron chi connectivity index (χ2n) is 6.04. The molecule has 1 aromatic carbocycles. The summed E-state index contributed by atoms with van der Waals surface area (Å²) in [6.07, 6.45) is 0. The van der Waals surface area contributed by atoms with Crippen molar-refractivity contribution in [1.29, 1.82) is 0 Å². The average Bonchev–Trinajstić information content (AvgIpc) is 3.25. The number of carbonyl (C=O) groups is 1. The predicted molar refractivity (Wildman–Crippen MR) is 99.6 cm³/mol. The van der Waals surface area contributed by atoms with Crippen LogP contribution in [-0.4, -0.2) is 35.9 Å². The summed E-state index contributed by atoms with van der Waals surface area (Å²) in [5.41, 5.74) is 3.05. The Morgan fingerprint density at radius 2 is 1.81 bits per heavy atom. The molecule has 0 spiro atoms. The van der Waals surface area contributed by atoms with Gasteiger partial charge < -0.3 is 10.1 Å². The SMILES string of the molecule is CCn1nnnc1COc1ccc(C(=O)Nc2c(C)nn(CC)c2C)cc1. The quantitative estimate of drug-likeness (QED) is 0.686. The number of aromatic nitrogens is 6. The molecule has 0 aliphatic carbocycles. The van der Waals surface area contributed by atoms with Gasteiger partial charge in [0, 0.05) is 18.7 Å². The third-order valence-corrected chi connectivity index (χ3v) is 4.31. The third-order valence-electron chi connectivity index (χ3n) is 4.31. The van der Waals surface area contributed by atoms with Gasteiger partial charge in [-0.15, -0.1) is 5.10 Å². The normalized spacial score (nSPS) is 10.8. The van der Waals surface area contributed by atoms with Gasteiger partial charge in [0.2, 0.25) is 0 Å². The highest BCUT2D eigenvalue weighted by atomic mass is 16.5. The zero-order valence-electron chi connectivity index (χ0n) is 15.9. The number of tetrazole rings is 1. The number of nitrogens with one attached hydrogen (secondary N) is 1. The van der Waals surface area contributed by atoms with Gasteiger partial charge in [0.1, 0.15) is 12.4 Å². The molecule has 1 N–H and O–H groups in total. The van der Waals surface area contributed by atoms with Gasteiger partial charge in [0.15, 0.2) is 5.82 Å². The van der Waals surface area contributed by atoms with Gasteiger partial charge in [-0.25, -0.2) is 4.68 Å². The lowest BCUT2D eigenvalue weighted by atomic mass is 10.2. The molecule has 1 amide bonds. The Bertz CT molecular complexity index is 928. The van der Waals surface area contributed by atoms with E-state index in [9.17, 15) is 4.79 Å². The topological polar surface area (TPSA) is 99.8 Å². The number of hydrogen-bond acceptors (Lipinski definition) is 6. The number of nitrogens with zero attached hydrogens (tertiary/aromatic N) is 6. The van der Waals surface area contributed by atoms with E-state index in [0.29, 0.717) is 23.7 Å². The van der Waals surface area contributed by atoms with Crippen molar-refractivity contribution in [3.8, 4) is 5.75 Å². The summed E-state index contributed by atoms with van der Waals surface area (Å²) in [5.74, 6) is 1.11. The Kier molecular flexibility index (Phi) is 5.49. The summed E-state index contributed by atoms with van der Waals surface area (Å²) in [6, 6.07) is 6.96. The number of amides is 1. The number of anilines is 1. The van der Waals surface area contributed by atoms with Crippen LogP contribution in [0.4, 0.5) is 5.69 Å². The van der Waals surface area contributed by atoms with Crippen LogP contribution < -0.4 is 10.1 Å². The van der Waals surface area contributed by atoms with Crippen LogP contribution in [0.5, 0.6) is 5.75 Å². The van der Waals surface area contributed by atoms with Crippen molar-refractivity contribution in [2.75, 3.05) is 5.32 Å². The lowest BCUT2D eigenvalue weighted by Crippen LogP contribution is -2.13. The minimum absolute atomic E-state index is 0.182. The maximum absolute atomic E-state index is 12.5. The maximum atomic E-state index is 12.5. The Balaban J connectivity index is 1.64. The third kappa shape index (κ3) is 3.97. The molecule has 3 aromatic rings. The molecule has 0 bridgehead atoms. The first-order valence-electron chi connectivity index (χ1n) is 8.86. The molecular formula is C18H23N7O2. The van der Waals surface area contributed by atoms with Crippen LogP contribution >= 0.6 is 0 Å². The molecule has 0 saturated carbocycles. The molecule has 0 aliphatic heterocycles. The number of hydrogen-bond donors (Lipinski definition) is 1. The van der Waals surface area contributed by atoms with Gasteiger partial charge in [-0.05, 0) is 62.4 Å². The van der Waals surface area contributed by atoms with E-state index < -0.39 is 0 Å². The highest BCUT2D eigenvalue weighted by Gasteiger charge is 2.15. The molecule has 142 valence electrons. The molecular weight excluding hydrogens is 346 g/mol. The fourth-order valence-corrected chi connectivity index (χ4v) is 2.79. The molecule has 0 fully saturated rings. The summed E-state index contributed by atoms with van der Waals surface area (Å²) >= 11 is 0. The molecule has 2 aromatic heterocycles. The number of aryl methyl sites for hydroxylation is 3. The van der Waals surface area contributed by atoms with Crippen molar-refractivity contribution in [3.05, 3.63) is 47.0 Å². The van der Waals surface area contributed by atoms with Crippen LogP contribution in [0.25, 0.3) is 0 Å². The molecule has 0 aliphatic rings. The summed E-state index contributed by atoms with van der Waals surface area (Å²) < 4.78 is 9.23. The maximum Gasteiger partial charge on any atom is 0.255 e. The van der Waals surface area contributed by atoms with Gasteiger partial charge in [0.25, 0.3) is 5.91 Å². The van der Waals surface area contributed by atoms with Crippen LogP contribution in [0, 0.1) is 13.8 Å². The molecule has 0 atom stereocenters. The van der Waals surface area contributed by atoms with Gasteiger partial charge in [-0.1, -0.05) is 0 Å². The largest absolute Gasteiger partial charge is 0.486 e. The molecule has 0 radical (unpaired) electrons. The zero-order valence-corrected chi connectivity index (χ0v) is 15.9. The number of carbonyl (C=O) groups excluding carboxylic acids is 1. The number of ether oxygens (including phenoxy) is 1. The number of benzene rings is 1. The molecule has 9 nitrogen and oxygen atoms in total. The molecule has 27 heavy (non-hydrogen) atoms. The monoisotopic (exact) mass is 369 g/mol. The van der Waals surface area contributed by atoms with Crippen molar-refractivity contribution in [2.45, 2.75) is 47.4 Å². The molecule has 2 heterocycles. The first kappa shape index (κ1) is 18.6. The van der Waals surface area contributed by atoms with Gasteiger partial charge in [-0.3, -0.25) is 9.48 Å². The molecule has 3 rings (SSSR count). The van der Waals surface area contributed by atoms with Crippen molar-refractivity contribution < 1.29 is 9.53 Å². The lowest BCUT2D eigenvalue weighted by molar-refractivity contribution is 0.102. The minimum Gasteiger partial charge on any atom is -0.486 e. The molecule has 0 unspecified atom stereocenters. The smallest absolute Gasteiger partial charge is 0.255 e. The second-order valence-corrected chi connectivity index (χ2v) is 6.04. The van der Waals surface area contributed by atoms with E-state index in [1.807, 2.05) is 32.4 Å². The zero-order chi connectivity index (χ0) is 19.4. The highest BCUT2D eigenvalue weighted by Crippen LogP contribution is 2.21. The van der Waals surface area contributed by atoms with E-state index in [4.69, 9.17) is 4.74 Å². The summed E-state index contributed by atoms with van der Waals surface area (Å²) in [7, 11) is 0. The van der Waals surface area contributed by atoms with E-state index >= 15 is 0 Å². The minimum atomic E-state index is -0.182. The van der Waals surface area contributed by atoms with E-state index in [1.54, 1.807) is 28.9 Å². The van der Waals surface area contributed by atoms with Crippen LogP contribution in [0.3, 0.4) is 0 Å². The van der Waals surface area contributed by atoms with Crippen molar-refractivity contribution in [1.82, 2.24) is 30.0 Å². The van der Waals surface area contributed by atoms with Crippen molar-refractivity contribution in [2.24, 2.45) is 0 Å². The van der Waals surface area contributed by atoms with E-state index in [1.165, 1.54) is 0 Å². The first-order valence-corrected chi connectivity index (χ1v) is 8.86. The van der Waals surface area contributed by atoms with Crippen LogP contribution in [0.2, 0.25) is 0 Å². The van der Waals surface area contributed by atoms with Crippen molar-refractivity contribution >= 4 is 11.6 Å². The fourth-order valence-electron chi connectivity index (χ4n) is 2.79. The molecule has 9 heteroatoms. The second kappa shape index (κ2) is 7.98. The van der Waals surface area contributed by atoms with Gasteiger partial charge in [-0.2, -0.15) is 5.10 Å². The average molecular weight is 369 g/mol. The first-order chi connectivity index (χ1) is 13.0. The number of rotatable bonds is 7. The summed E-state index contributed by atoms with van der Waals surface area (Å²) in [4.78, 5) is 12.5. The lowest BCUT2D eigenvalue weighted by Gasteiger charge is -2.08. The van der Waals surface area contributed by atoms with E-state index in [2.05, 4.69) is 25.9 Å². The fraction of sp³-hybridized carbons (Fsp3) is 0.389. The Morgan fingerprint density at radius 3 is 2.44 bits per heavy atom. The predicted octanol–water partition coefficient (Wildman–Crippen LogP) is 2.36. The van der Waals surface area contributed by atoms with Gasteiger partial charge in [0.05, 0.1) is 17.1 Å². The van der Waals surface area contributed by atoms with Crippen molar-refractivity contribution in [3.63, 3.8) is 0 Å². The molecule has 0 saturated heterocycles. The van der Waals surface area contributed by atoms with E-state index in [0.717, 1.165) is 23.6 Å². The van der Waals surface area contributed by atoms with Gasteiger partial charge >= 0.3 is 0 Å². The standard InChI is InChI=1S/C18H23N7O2/c1-5-24-13(4)17(12(3)21-24)19-18(26)14-7-9-15(10-8-14)27-11-16-20-22-23-25(16)6-2/h7-10H,5-6,11H2,1-4H3,(H,19,26). The Hall–Kier alpha value is -3.23. The highest BCUT2D eigenvalue weighted by molar-refractivity contribution is 6.04. The van der Waals surface area contributed by atoms with Crippen LogP contribution in [-0.2, 0) is 19.7 Å². The van der Waals surface area contributed by atoms with Crippen LogP contribution in [0.15, 0.2) is 24.3 Å². The Labute approximate surface area is 157 Å².